The first-order valence-electron chi connectivity index (χ1n) is 9.43. The van der Waals surface area contributed by atoms with Gasteiger partial charge in [0.25, 0.3) is 0 Å². The zero-order valence-corrected chi connectivity index (χ0v) is 16.4. The van der Waals surface area contributed by atoms with E-state index in [1.54, 1.807) is 0 Å². The Hall–Kier alpha value is -2.25. The second-order valence-electron chi connectivity index (χ2n) is 6.89. The minimum absolute atomic E-state index is 0.0656. The van der Waals surface area contributed by atoms with Gasteiger partial charge in [-0.25, -0.2) is 12.8 Å². The molecule has 5 nitrogen and oxygen atoms in total. The van der Waals surface area contributed by atoms with Crippen LogP contribution in [-0.4, -0.2) is 38.4 Å². The monoisotopic (exact) mass is 405 g/mol. The van der Waals surface area contributed by atoms with Crippen molar-refractivity contribution in [1.29, 1.82) is 0 Å². The Bertz CT molecular complexity index is 876. The Kier molecular flexibility index (Phi) is 6.80. The lowest BCUT2D eigenvalue weighted by atomic mass is 9.98. The molecule has 0 atom stereocenters. The Morgan fingerprint density at radius 1 is 1.04 bits per heavy atom. The van der Waals surface area contributed by atoms with Gasteiger partial charge < -0.3 is 4.74 Å². The molecule has 1 saturated heterocycles. The quantitative estimate of drug-likeness (QED) is 0.523. The Labute approximate surface area is 165 Å². The second kappa shape index (κ2) is 9.30. The highest BCUT2D eigenvalue weighted by molar-refractivity contribution is 7.89. The third kappa shape index (κ3) is 5.17. The average molecular weight is 405 g/mol. The van der Waals surface area contributed by atoms with Crippen LogP contribution in [0, 0.1) is 11.7 Å². The van der Waals surface area contributed by atoms with Crippen molar-refractivity contribution in [2.75, 3.05) is 19.7 Å². The number of hydrogen-bond donors (Lipinski definition) is 0. The summed E-state index contributed by atoms with van der Waals surface area (Å²) in [6, 6.07) is 14.8. The summed E-state index contributed by atoms with van der Waals surface area (Å²) >= 11 is 0. The number of halogens is 1. The number of aryl methyl sites for hydroxylation is 1. The van der Waals surface area contributed by atoms with E-state index in [0.717, 1.165) is 25.0 Å². The number of nitrogens with zero attached hydrogens (tertiary/aromatic N) is 1. The predicted molar refractivity (Wildman–Crippen MR) is 104 cm³/mol. The smallest absolute Gasteiger partial charge is 0.309 e. The molecule has 1 fully saturated rings. The predicted octanol–water partition coefficient (Wildman–Crippen LogP) is 3.40. The first kappa shape index (κ1) is 20.5. The van der Waals surface area contributed by atoms with Gasteiger partial charge in [-0.05, 0) is 55.5 Å². The molecule has 28 heavy (non-hydrogen) atoms. The highest BCUT2D eigenvalue weighted by Gasteiger charge is 2.32. The molecule has 1 aliphatic heterocycles. The summed E-state index contributed by atoms with van der Waals surface area (Å²) in [5.74, 6) is -1.02. The van der Waals surface area contributed by atoms with E-state index in [9.17, 15) is 17.6 Å². The van der Waals surface area contributed by atoms with Gasteiger partial charge in [0.2, 0.25) is 10.0 Å². The van der Waals surface area contributed by atoms with E-state index in [1.165, 1.54) is 22.0 Å². The molecule has 0 aromatic heterocycles. The third-order valence-electron chi connectivity index (χ3n) is 4.94. The molecule has 0 radical (unpaired) electrons. The first-order chi connectivity index (χ1) is 13.5. The van der Waals surface area contributed by atoms with Crippen LogP contribution >= 0.6 is 0 Å². The molecule has 0 amide bonds. The van der Waals surface area contributed by atoms with Crippen LogP contribution in [0.1, 0.15) is 24.8 Å². The molecule has 0 aliphatic carbocycles. The van der Waals surface area contributed by atoms with Gasteiger partial charge in [-0.2, -0.15) is 4.31 Å². The summed E-state index contributed by atoms with van der Waals surface area (Å²) in [6.07, 6.45) is 2.46. The number of esters is 1. The van der Waals surface area contributed by atoms with Gasteiger partial charge in [-0.1, -0.05) is 30.3 Å². The SMILES string of the molecule is O=C(OCCCc1ccccc1)C1CCN(S(=O)(=O)c2ccc(F)cc2)CC1. The lowest BCUT2D eigenvalue weighted by Gasteiger charge is -2.30. The molecule has 150 valence electrons. The van der Waals surface area contributed by atoms with Crippen molar-refractivity contribution in [3.63, 3.8) is 0 Å². The molecule has 1 heterocycles. The van der Waals surface area contributed by atoms with Crippen molar-refractivity contribution in [3.8, 4) is 0 Å². The van der Waals surface area contributed by atoms with Crippen molar-refractivity contribution in [2.24, 2.45) is 5.92 Å². The summed E-state index contributed by atoms with van der Waals surface area (Å²) < 4.78 is 45.0. The van der Waals surface area contributed by atoms with Gasteiger partial charge in [0, 0.05) is 13.1 Å². The molecular weight excluding hydrogens is 381 g/mol. The second-order valence-corrected chi connectivity index (χ2v) is 8.83. The van der Waals surface area contributed by atoms with E-state index in [0.29, 0.717) is 19.4 Å². The molecule has 0 saturated carbocycles. The number of sulfonamides is 1. The highest BCUT2D eigenvalue weighted by atomic mass is 32.2. The summed E-state index contributed by atoms with van der Waals surface area (Å²) in [4.78, 5) is 12.3. The van der Waals surface area contributed by atoms with Gasteiger partial charge in [0.15, 0.2) is 0 Å². The molecule has 0 unspecified atom stereocenters. The van der Waals surface area contributed by atoms with E-state index in [4.69, 9.17) is 4.74 Å². The van der Waals surface area contributed by atoms with E-state index >= 15 is 0 Å². The van der Waals surface area contributed by atoms with Crippen LogP contribution in [0.4, 0.5) is 4.39 Å². The summed E-state index contributed by atoms with van der Waals surface area (Å²) in [5, 5.41) is 0. The molecule has 2 aromatic rings. The maximum Gasteiger partial charge on any atom is 0.309 e. The fourth-order valence-corrected chi connectivity index (χ4v) is 4.77. The van der Waals surface area contributed by atoms with Crippen LogP contribution in [-0.2, 0) is 26.0 Å². The van der Waals surface area contributed by atoms with Crippen molar-refractivity contribution in [2.45, 2.75) is 30.6 Å². The first-order valence-corrected chi connectivity index (χ1v) is 10.9. The molecule has 0 spiro atoms. The Morgan fingerprint density at radius 3 is 2.32 bits per heavy atom. The van der Waals surface area contributed by atoms with Gasteiger partial charge >= 0.3 is 5.97 Å². The van der Waals surface area contributed by atoms with Crippen molar-refractivity contribution in [1.82, 2.24) is 4.31 Å². The molecule has 2 aromatic carbocycles. The van der Waals surface area contributed by atoms with Crippen LogP contribution < -0.4 is 0 Å². The number of carbonyl (C=O) groups is 1. The molecule has 0 N–H and O–H groups in total. The van der Waals surface area contributed by atoms with Gasteiger partial charge in [0.05, 0.1) is 17.4 Å². The molecule has 7 heteroatoms. The molecular formula is C21H24FNO4S. The minimum atomic E-state index is -3.66. The Balaban J connectivity index is 1.44. The highest BCUT2D eigenvalue weighted by Crippen LogP contribution is 2.24. The van der Waals surface area contributed by atoms with Crippen LogP contribution in [0.25, 0.3) is 0 Å². The molecule has 0 bridgehead atoms. The lowest BCUT2D eigenvalue weighted by molar-refractivity contribution is -0.149. The summed E-state index contributed by atoms with van der Waals surface area (Å²) in [7, 11) is -3.66. The van der Waals surface area contributed by atoms with Crippen molar-refractivity contribution in [3.05, 3.63) is 66.0 Å². The van der Waals surface area contributed by atoms with Crippen molar-refractivity contribution < 1.29 is 22.3 Å². The van der Waals surface area contributed by atoms with Crippen LogP contribution in [0.2, 0.25) is 0 Å². The number of hydrogen-bond acceptors (Lipinski definition) is 4. The third-order valence-corrected chi connectivity index (χ3v) is 6.85. The zero-order chi connectivity index (χ0) is 20.0. The Morgan fingerprint density at radius 2 is 1.68 bits per heavy atom. The maximum absolute atomic E-state index is 13.0. The fourth-order valence-electron chi connectivity index (χ4n) is 3.30. The largest absolute Gasteiger partial charge is 0.465 e. The number of piperidine rings is 1. The number of carbonyl (C=O) groups excluding carboxylic acids is 1. The van der Waals surface area contributed by atoms with Gasteiger partial charge in [0.1, 0.15) is 5.82 Å². The van der Waals surface area contributed by atoms with Crippen LogP contribution in [0.5, 0.6) is 0 Å². The van der Waals surface area contributed by atoms with Crippen LogP contribution in [0.15, 0.2) is 59.5 Å². The average Bonchev–Trinajstić information content (AvgIpc) is 2.72. The van der Waals surface area contributed by atoms with E-state index in [2.05, 4.69) is 0 Å². The number of rotatable bonds is 7. The van der Waals surface area contributed by atoms with Gasteiger partial charge in [-0.15, -0.1) is 0 Å². The van der Waals surface area contributed by atoms with E-state index in [1.807, 2.05) is 30.3 Å². The topological polar surface area (TPSA) is 63.7 Å². The zero-order valence-electron chi connectivity index (χ0n) is 15.6. The van der Waals surface area contributed by atoms with Crippen molar-refractivity contribution >= 4 is 16.0 Å². The summed E-state index contributed by atoms with van der Waals surface area (Å²) in [6.45, 7) is 0.870. The fraction of sp³-hybridized carbons (Fsp3) is 0.381. The number of ether oxygens (including phenoxy) is 1. The molecule has 1 aliphatic rings. The van der Waals surface area contributed by atoms with Gasteiger partial charge in [-0.3, -0.25) is 4.79 Å². The van der Waals surface area contributed by atoms with E-state index in [-0.39, 0.29) is 29.9 Å². The molecule has 3 rings (SSSR count). The maximum atomic E-state index is 13.0. The van der Waals surface area contributed by atoms with Crippen LogP contribution in [0.3, 0.4) is 0 Å². The number of benzene rings is 2. The minimum Gasteiger partial charge on any atom is -0.465 e. The van der Waals surface area contributed by atoms with E-state index < -0.39 is 15.8 Å². The standard InChI is InChI=1S/C21H24FNO4S/c22-19-8-10-20(11-9-19)28(25,26)23-14-12-18(13-15-23)21(24)27-16-4-7-17-5-2-1-3-6-17/h1-3,5-6,8-11,18H,4,7,12-16H2. The lowest BCUT2D eigenvalue weighted by Crippen LogP contribution is -2.40. The normalized spacial score (nSPS) is 16.0. The summed E-state index contributed by atoms with van der Waals surface area (Å²) in [5.41, 5.74) is 1.21.